The average Bonchev–Trinajstić information content (AvgIpc) is 3.15. The minimum atomic E-state index is -0.175. The van der Waals surface area contributed by atoms with Gasteiger partial charge in [-0.05, 0) is 110 Å². The zero-order valence-corrected chi connectivity index (χ0v) is 21.1. The minimum Gasteiger partial charge on any atom is -0.508 e. The number of nitrogens with one attached hydrogen (secondary N) is 1. The van der Waals surface area contributed by atoms with Crippen LogP contribution in [0.3, 0.4) is 0 Å². The molecule has 35 heavy (non-hydrogen) atoms. The van der Waals surface area contributed by atoms with Crippen molar-refractivity contribution in [2.45, 2.75) is 77.7 Å². The molecule has 6 atom stereocenters. The van der Waals surface area contributed by atoms with E-state index in [0.29, 0.717) is 24.8 Å². The molecule has 0 aliphatic heterocycles. The van der Waals surface area contributed by atoms with Gasteiger partial charge in [-0.3, -0.25) is 4.79 Å². The first-order chi connectivity index (χ1) is 16.8. The van der Waals surface area contributed by atoms with E-state index in [9.17, 15) is 15.0 Å². The summed E-state index contributed by atoms with van der Waals surface area (Å²) in [6, 6.07) is 7.00. The lowest BCUT2D eigenvalue weighted by molar-refractivity contribution is -0.125. The second-order valence-corrected chi connectivity index (χ2v) is 11.8. The van der Waals surface area contributed by atoms with Crippen molar-refractivity contribution in [3.8, 4) is 5.75 Å². The van der Waals surface area contributed by atoms with E-state index >= 15 is 0 Å². The molecular weight excluding hydrogens is 440 g/mol. The number of nitrogens with zero attached hydrogens (tertiary/aromatic N) is 1. The molecule has 0 heterocycles. The Hall–Kier alpha value is -2.34. The Morgan fingerprint density at radius 2 is 1.89 bits per heavy atom. The summed E-state index contributed by atoms with van der Waals surface area (Å²) >= 11 is 0. The summed E-state index contributed by atoms with van der Waals surface area (Å²) in [6.45, 7) is 5.24. The van der Waals surface area contributed by atoms with E-state index in [-0.39, 0.29) is 35.2 Å². The maximum Gasteiger partial charge on any atom is 0.260 e. The molecule has 3 saturated carbocycles. The summed E-state index contributed by atoms with van der Waals surface area (Å²) < 4.78 is 0. The van der Waals surface area contributed by atoms with Crippen molar-refractivity contribution in [3.63, 3.8) is 0 Å². The Balaban J connectivity index is 1.14. The lowest BCUT2D eigenvalue weighted by Gasteiger charge is -2.57. The van der Waals surface area contributed by atoms with E-state index in [1.54, 1.807) is 12.1 Å². The van der Waals surface area contributed by atoms with Crippen LogP contribution in [-0.4, -0.2) is 41.1 Å². The van der Waals surface area contributed by atoms with Gasteiger partial charge in [0.25, 0.3) is 5.91 Å². The first-order valence-electron chi connectivity index (χ1n) is 13.4. The molecule has 0 aromatic heterocycles. The standard InChI is InChI=1S/C29H40N2O4/c1-28-14-11-21(31-35-18-27(34)30-16-13-19-3-6-22(32)7-4-19)17-20(28)5-8-23-24-9-10-26(33)29(24,2)15-12-25(23)28/h3-4,6-7,17,23-26,32-33H,5,8-16,18H2,1-2H3,(H,30,34)/b31-21+/t23-,24+,25+,26-,28-,29-/m1/s1. The smallest absolute Gasteiger partial charge is 0.260 e. The van der Waals surface area contributed by atoms with E-state index < -0.39 is 0 Å². The number of phenolic OH excluding ortho intramolecular Hbond substituents is 1. The maximum absolute atomic E-state index is 12.1. The number of carbonyl (C=O) groups excluding carboxylic acids is 1. The van der Waals surface area contributed by atoms with Crippen molar-refractivity contribution in [1.82, 2.24) is 5.32 Å². The highest BCUT2D eigenvalue weighted by Gasteiger charge is 2.58. The van der Waals surface area contributed by atoms with E-state index in [1.807, 2.05) is 12.1 Å². The Morgan fingerprint density at radius 1 is 1.09 bits per heavy atom. The molecule has 6 heteroatoms. The van der Waals surface area contributed by atoms with Gasteiger partial charge in [0, 0.05) is 6.54 Å². The van der Waals surface area contributed by atoms with Gasteiger partial charge in [-0.2, -0.15) is 0 Å². The molecular formula is C29H40N2O4. The first kappa shape index (κ1) is 24.4. The molecule has 5 rings (SSSR count). The molecule has 0 unspecified atom stereocenters. The topological polar surface area (TPSA) is 91.2 Å². The fourth-order valence-corrected chi connectivity index (χ4v) is 7.85. The molecule has 4 aliphatic carbocycles. The SMILES string of the molecule is C[C@@]12CC[C@H]3[C@H](CCC4=C/C(=N/OCC(=O)NCCc5ccc(O)cc5)CC[C@]43C)[C@@H]1CC[C@H]2O. The Morgan fingerprint density at radius 3 is 2.69 bits per heavy atom. The summed E-state index contributed by atoms with van der Waals surface area (Å²) in [5, 5.41) is 27.2. The number of aromatic hydroxyl groups is 1. The zero-order valence-electron chi connectivity index (χ0n) is 21.1. The number of hydrogen-bond donors (Lipinski definition) is 3. The lowest BCUT2D eigenvalue weighted by atomic mass is 9.47. The van der Waals surface area contributed by atoms with Gasteiger partial charge in [0.1, 0.15) is 5.75 Å². The Kier molecular flexibility index (Phi) is 6.69. The van der Waals surface area contributed by atoms with Crippen LogP contribution < -0.4 is 5.32 Å². The van der Waals surface area contributed by atoms with Crippen LogP contribution >= 0.6 is 0 Å². The van der Waals surface area contributed by atoms with Crippen molar-refractivity contribution in [1.29, 1.82) is 0 Å². The van der Waals surface area contributed by atoms with E-state index in [4.69, 9.17) is 4.84 Å². The molecule has 1 amide bonds. The molecule has 6 nitrogen and oxygen atoms in total. The fourth-order valence-electron chi connectivity index (χ4n) is 7.85. The predicted octanol–water partition coefficient (Wildman–Crippen LogP) is 4.75. The number of aliphatic hydroxyl groups excluding tert-OH is 1. The van der Waals surface area contributed by atoms with Gasteiger partial charge in [0.15, 0.2) is 6.61 Å². The summed E-state index contributed by atoms with van der Waals surface area (Å²) in [5.74, 6) is 2.17. The molecule has 0 saturated heterocycles. The predicted molar refractivity (Wildman–Crippen MR) is 136 cm³/mol. The van der Waals surface area contributed by atoms with E-state index in [1.165, 1.54) is 24.8 Å². The third kappa shape index (κ3) is 4.62. The number of carbonyl (C=O) groups is 1. The molecule has 3 N–H and O–H groups in total. The first-order valence-corrected chi connectivity index (χ1v) is 13.4. The van der Waals surface area contributed by atoms with E-state index in [2.05, 4.69) is 30.4 Å². The number of allylic oxidation sites excluding steroid dienone is 2. The van der Waals surface area contributed by atoms with Gasteiger partial charge < -0.3 is 20.4 Å². The van der Waals surface area contributed by atoms with Crippen LogP contribution in [0.15, 0.2) is 41.1 Å². The average molecular weight is 481 g/mol. The molecule has 4 aliphatic rings. The van der Waals surface area contributed by atoms with Gasteiger partial charge in [-0.1, -0.05) is 36.7 Å². The number of benzene rings is 1. The normalized spacial score (nSPS) is 37.1. The van der Waals surface area contributed by atoms with Crippen LogP contribution in [0.25, 0.3) is 0 Å². The second-order valence-electron chi connectivity index (χ2n) is 11.8. The highest BCUT2D eigenvalue weighted by atomic mass is 16.6. The van der Waals surface area contributed by atoms with Crippen molar-refractivity contribution in [2.75, 3.05) is 13.2 Å². The molecule has 0 spiro atoms. The van der Waals surface area contributed by atoms with Crippen LogP contribution in [-0.2, 0) is 16.1 Å². The molecule has 0 radical (unpaired) electrons. The van der Waals surface area contributed by atoms with Gasteiger partial charge in [0.2, 0.25) is 0 Å². The van der Waals surface area contributed by atoms with Gasteiger partial charge in [-0.25, -0.2) is 0 Å². The van der Waals surface area contributed by atoms with E-state index in [0.717, 1.165) is 49.3 Å². The van der Waals surface area contributed by atoms with Crippen molar-refractivity contribution in [2.24, 2.45) is 33.7 Å². The van der Waals surface area contributed by atoms with Crippen LogP contribution in [0, 0.1) is 28.6 Å². The number of oxime groups is 1. The highest BCUT2D eigenvalue weighted by Crippen LogP contribution is 2.65. The van der Waals surface area contributed by atoms with Crippen LogP contribution in [0.1, 0.15) is 70.8 Å². The van der Waals surface area contributed by atoms with Crippen LogP contribution in [0.5, 0.6) is 5.75 Å². The Labute approximate surface area is 208 Å². The maximum atomic E-state index is 12.1. The molecule has 190 valence electrons. The van der Waals surface area contributed by atoms with Gasteiger partial charge in [-0.15, -0.1) is 0 Å². The summed E-state index contributed by atoms with van der Waals surface area (Å²) in [7, 11) is 0. The molecule has 0 bridgehead atoms. The minimum absolute atomic E-state index is 0.0766. The molecule has 3 fully saturated rings. The van der Waals surface area contributed by atoms with Gasteiger partial charge >= 0.3 is 0 Å². The largest absolute Gasteiger partial charge is 0.508 e. The fraction of sp³-hybridized carbons (Fsp3) is 0.655. The monoisotopic (exact) mass is 480 g/mol. The van der Waals surface area contributed by atoms with Crippen LogP contribution in [0.4, 0.5) is 0 Å². The number of hydrogen-bond acceptors (Lipinski definition) is 5. The quantitative estimate of drug-likeness (QED) is 0.513. The number of phenols is 1. The molecule has 1 aromatic carbocycles. The summed E-state index contributed by atoms with van der Waals surface area (Å²) in [5.41, 5.74) is 3.86. The third-order valence-corrected chi connectivity index (χ3v) is 9.98. The lowest BCUT2D eigenvalue weighted by Crippen LogP contribution is -2.51. The van der Waals surface area contributed by atoms with Crippen LogP contribution in [0.2, 0.25) is 0 Å². The molecule has 1 aromatic rings. The Bertz CT molecular complexity index is 1000. The van der Waals surface area contributed by atoms with Crippen molar-refractivity contribution < 1.29 is 19.8 Å². The van der Waals surface area contributed by atoms with Gasteiger partial charge in [0.05, 0.1) is 11.8 Å². The summed E-state index contributed by atoms with van der Waals surface area (Å²) in [4.78, 5) is 17.6. The number of rotatable bonds is 6. The van der Waals surface area contributed by atoms with Crippen molar-refractivity contribution in [3.05, 3.63) is 41.5 Å². The summed E-state index contributed by atoms with van der Waals surface area (Å²) in [6.07, 6.45) is 11.7. The highest BCUT2D eigenvalue weighted by molar-refractivity contribution is 5.96. The third-order valence-electron chi connectivity index (χ3n) is 9.98. The second kappa shape index (κ2) is 9.61. The van der Waals surface area contributed by atoms with Crippen molar-refractivity contribution >= 4 is 11.6 Å². The number of amides is 1. The number of fused-ring (bicyclic) bond motifs is 5. The zero-order chi connectivity index (χ0) is 24.6. The number of aliphatic hydroxyl groups is 1.